The van der Waals surface area contributed by atoms with Crippen LogP contribution in [0.2, 0.25) is 0 Å². The number of ether oxygens (including phenoxy) is 4. The Hall–Kier alpha value is -1.91. The average Bonchev–Trinajstić information content (AvgIpc) is 2.42. The minimum Gasteiger partial charge on any atom is -0.463 e. The van der Waals surface area contributed by atoms with Gasteiger partial charge in [0.05, 0.1) is 0 Å². The van der Waals surface area contributed by atoms with Crippen molar-refractivity contribution in [3.05, 3.63) is 0 Å². The number of aliphatic hydroxyl groups excluding tert-OH is 1. The second kappa shape index (κ2) is 10.2. The number of carbonyl (C=O) groups excluding carboxylic acids is 4. The molecule has 0 aromatic carbocycles. The van der Waals surface area contributed by atoms with Crippen LogP contribution in [0.5, 0.6) is 0 Å². The highest BCUT2D eigenvalue weighted by Crippen LogP contribution is 2.26. The molecule has 0 aromatic heterocycles. The van der Waals surface area contributed by atoms with Crippen molar-refractivity contribution in [3.63, 3.8) is 0 Å². The summed E-state index contributed by atoms with van der Waals surface area (Å²) in [5.74, 6) is -2.54. The highest BCUT2D eigenvalue weighted by atomic mass is 35.5. The number of aliphatic hydroxyl groups is 1. The summed E-state index contributed by atoms with van der Waals surface area (Å²) in [6, 6.07) is -1.16. The van der Waals surface area contributed by atoms with Crippen molar-refractivity contribution < 1.29 is 43.2 Å². The molecule has 0 saturated carbocycles. The van der Waals surface area contributed by atoms with Gasteiger partial charge >= 0.3 is 17.9 Å². The Morgan fingerprint density at radius 2 is 1.48 bits per heavy atom. The van der Waals surface area contributed by atoms with Crippen LogP contribution in [0.25, 0.3) is 0 Å². The zero-order valence-electron chi connectivity index (χ0n) is 14.2. The first-order valence-electron chi connectivity index (χ1n) is 7.20. The largest absolute Gasteiger partial charge is 0.463 e. The third-order valence-corrected chi connectivity index (χ3v) is 3.09. The predicted molar refractivity (Wildman–Crippen MR) is 83.5 cm³/mol. The predicted octanol–water partition coefficient (Wildman–Crippen LogP) is -0.943. The van der Waals surface area contributed by atoms with E-state index in [1.165, 1.54) is 13.8 Å². The number of amides is 1. The third kappa shape index (κ3) is 7.24. The topological polar surface area (TPSA) is 137 Å². The van der Waals surface area contributed by atoms with Gasteiger partial charge in [-0.2, -0.15) is 0 Å². The second-order valence-corrected chi connectivity index (χ2v) is 5.24. The van der Waals surface area contributed by atoms with Crippen LogP contribution in [-0.4, -0.2) is 66.2 Å². The van der Waals surface area contributed by atoms with Gasteiger partial charge in [-0.3, -0.25) is 19.2 Å². The van der Waals surface area contributed by atoms with Gasteiger partial charge < -0.3 is 29.4 Å². The molecule has 10 nitrogen and oxygen atoms in total. The zero-order valence-corrected chi connectivity index (χ0v) is 15.0. The van der Waals surface area contributed by atoms with Crippen LogP contribution in [0.4, 0.5) is 0 Å². The van der Waals surface area contributed by atoms with Crippen molar-refractivity contribution >= 4 is 36.2 Å². The van der Waals surface area contributed by atoms with Crippen LogP contribution in [0.3, 0.4) is 0 Å². The van der Waals surface area contributed by atoms with E-state index in [2.05, 4.69) is 5.32 Å². The maximum absolute atomic E-state index is 11.4. The Morgan fingerprint density at radius 3 is 1.92 bits per heavy atom. The molecule has 0 bridgehead atoms. The van der Waals surface area contributed by atoms with Crippen LogP contribution < -0.4 is 5.32 Å². The first-order valence-corrected chi connectivity index (χ1v) is 7.20. The fourth-order valence-corrected chi connectivity index (χ4v) is 2.31. The maximum Gasteiger partial charge on any atom is 0.303 e. The van der Waals surface area contributed by atoms with E-state index in [-0.39, 0.29) is 19.0 Å². The fraction of sp³-hybridized carbons (Fsp3) is 0.714. The summed E-state index contributed by atoms with van der Waals surface area (Å²) in [5, 5.41) is 12.5. The van der Waals surface area contributed by atoms with E-state index in [1.807, 2.05) is 0 Å². The molecule has 0 spiro atoms. The van der Waals surface area contributed by atoms with Gasteiger partial charge in [-0.15, -0.1) is 12.4 Å². The van der Waals surface area contributed by atoms with E-state index in [4.69, 9.17) is 18.9 Å². The molecule has 0 aromatic rings. The molecule has 1 rings (SSSR count). The number of halogens is 1. The molecule has 1 amide bonds. The van der Waals surface area contributed by atoms with E-state index in [9.17, 15) is 24.3 Å². The lowest BCUT2D eigenvalue weighted by Gasteiger charge is -2.43. The monoisotopic (exact) mass is 383 g/mol. The van der Waals surface area contributed by atoms with Crippen LogP contribution in [0, 0.1) is 0 Å². The van der Waals surface area contributed by atoms with Gasteiger partial charge in [0.15, 0.2) is 18.5 Å². The summed E-state index contributed by atoms with van der Waals surface area (Å²) in [5.41, 5.74) is 0. The number of carbonyl (C=O) groups is 4. The van der Waals surface area contributed by atoms with E-state index >= 15 is 0 Å². The molecule has 1 heterocycles. The molecule has 0 unspecified atom stereocenters. The van der Waals surface area contributed by atoms with Crippen molar-refractivity contribution in [1.29, 1.82) is 0 Å². The molecule has 0 radical (unpaired) electrons. The molecule has 5 atom stereocenters. The molecule has 1 fully saturated rings. The first kappa shape index (κ1) is 23.1. The Kier molecular flexibility index (Phi) is 9.39. The van der Waals surface area contributed by atoms with Crippen molar-refractivity contribution in [2.45, 2.75) is 58.3 Å². The molecule has 0 aliphatic carbocycles. The Bertz CT molecular complexity index is 513. The summed E-state index contributed by atoms with van der Waals surface area (Å²) in [7, 11) is 0. The number of hydrogen-bond donors (Lipinski definition) is 2. The van der Waals surface area contributed by atoms with E-state index in [0.29, 0.717) is 0 Å². The van der Waals surface area contributed by atoms with Crippen LogP contribution >= 0.6 is 12.4 Å². The third-order valence-electron chi connectivity index (χ3n) is 3.09. The highest BCUT2D eigenvalue weighted by Gasteiger charge is 2.50. The van der Waals surface area contributed by atoms with Crippen molar-refractivity contribution in [2.24, 2.45) is 0 Å². The summed E-state index contributed by atoms with van der Waals surface area (Å²) in [6.07, 6.45) is -5.06. The molecule has 25 heavy (non-hydrogen) atoms. The molecular weight excluding hydrogens is 362 g/mol. The molecular formula is C14H22ClNO9. The first-order chi connectivity index (χ1) is 11.1. The minimum absolute atomic E-state index is 0. The van der Waals surface area contributed by atoms with Crippen molar-refractivity contribution in [1.82, 2.24) is 5.32 Å². The highest BCUT2D eigenvalue weighted by molar-refractivity contribution is 5.85. The Balaban J connectivity index is 0.00000576. The quantitative estimate of drug-likeness (QED) is 0.454. The van der Waals surface area contributed by atoms with Gasteiger partial charge in [0.25, 0.3) is 0 Å². The van der Waals surface area contributed by atoms with E-state index in [0.717, 1.165) is 13.8 Å². The maximum atomic E-state index is 11.4. The van der Waals surface area contributed by atoms with Crippen LogP contribution in [0.15, 0.2) is 0 Å². The van der Waals surface area contributed by atoms with Crippen molar-refractivity contribution in [2.75, 3.05) is 6.61 Å². The van der Waals surface area contributed by atoms with Gasteiger partial charge in [0, 0.05) is 27.7 Å². The average molecular weight is 384 g/mol. The fourth-order valence-electron chi connectivity index (χ4n) is 2.31. The number of hydrogen-bond acceptors (Lipinski definition) is 9. The molecule has 1 aliphatic heterocycles. The van der Waals surface area contributed by atoms with Gasteiger partial charge in [0.2, 0.25) is 5.91 Å². The smallest absolute Gasteiger partial charge is 0.303 e. The lowest BCUT2D eigenvalue weighted by atomic mass is 9.96. The lowest BCUT2D eigenvalue weighted by molar-refractivity contribution is -0.264. The van der Waals surface area contributed by atoms with Gasteiger partial charge in [-0.1, -0.05) is 0 Å². The summed E-state index contributed by atoms with van der Waals surface area (Å²) in [4.78, 5) is 45.0. The number of esters is 3. The van der Waals surface area contributed by atoms with Gasteiger partial charge in [0.1, 0.15) is 18.8 Å². The molecule has 1 aliphatic rings. The number of nitrogens with one attached hydrogen (secondary N) is 1. The summed E-state index contributed by atoms with van der Waals surface area (Å²) in [6.45, 7) is 4.28. The molecule has 11 heteroatoms. The lowest BCUT2D eigenvalue weighted by Crippen LogP contribution is -2.66. The molecule has 144 valence electrons. The standard InChI is InChI=1S/C14H21NO9.ClH/c1-6(16)15-11-13(23-9(4)19)12(22-8(3)18)10(24-14(11)20)5-21-7(2)17;/h10-14,20H,5H2,1-4H3,(H,15,16);1H/t10-,11-,12-,13-,14+;/m1./s1. The van der Waals surface area contributed by atoms with Gasteiger partial charge in [-0.25, -0.2) is 0 Å². The zero-order chi connectivity index (χ0) is 18.4. The van der Waals surface area contributed by atoms with Gasteiger partial charge in [-0.05, 0) is 0 Å². The Labute approximate surface area is 150 Å². The van der Waals surface area contributed by atoms with E-state index < -0.39 is 54.5 Å². The normalized spacial score (nSPS) is 28.1. The van der Waals surface area contributed by atoms with E-state index in [1.54, 1.807) is 0 Å². The van der Waals surface area contributed by atoms with Crippen LogP contribution in [0.1, 0.15) is 27.7 Å². The summed E-state index contributed by atoms with van der Waals surface area (Å²) < 4.78 is 20.3. The number of rotatable bonds is 5. The Morgan fingerprint density at radius 1 is 0.960 bits per heavy atom. The minimum atomic E-state index is -1.56. The SMILES string of the molecule is CC(=O)N[C@@H]1[C@@H](OC(C)=O)[C@H](OC(C)=O)[C@@H](COC(C)=O)O[C@@H]1O.Cl. The van der Waals surface area contributed by atoms with Crippen molar-refractivity contribution in [3.8, 4) is 0 Å². The van der Waals surface area contributed by atoms with Crippen LogP contribution in [-0.2, 0) is 38.1 Å². The molecule has 2 N–H and O–H groups in total. The second-order valence-electron chi connectivity index (χ2n) is 5.24. The summed E-state index contributed by atoms with van der Waals surface area (Å²) >= 11 is 0. The molecule has 1 saturated heterocycles.